The number of hydrogen-bond donors (Lipinski definition) is 0. The third-order valence-electron chi connectivity index (χ3n) is 1.33. The minimum Gasteiger partial charge on any atom is -0.207 e. The zero-order valence-corrected chi connectivity index (χ0v) is 7.32. The molecular weight excluding hydrogens is 184 g/mol. The number of hydrogen-bond acceptors (Lipinski definition) is 2. The Morgan fingerprint density at radius 3 is 2.45 bits per heavy atom. The predicted octanol–water partition coefficient (Wildman–Crippen LogP) is 1.96. The first-order valence-corrected chi connectivity index (χ1v) is 5.32. The summed E-state index contributed by atoms with van der Waals surface area (Å²) in [5.41, 5.74) is 0.883. The third kappa shape index (κ3) is 2.20. The summed E-state index contributed by atoms with van der Waals surface area (Å²) < 4.78 is 21.4. The highest BCUT2D eigenvalue weighted by Gasteiger charge is 2.12. The van der Waals surface area contributed by atoms with Crippen LogP contribution in [-0.4, -0.2) is 8.42 Å². The predicted molar refractivity (Wildman–Crippen MR) is 45.8 cm³/mol. The Kier molecular flexibility index (Phi) is 2.20. The van der Waals surface area contributed by atoms with Crippen LogP contribution in [0.1, 0.15) is 6.42 Å². The molecule has 0 heterocycles. The van der Waals surface area contributed by atoms with Gasteiger partial charge in [0.2, 0.25) is 0 Å². The lowest BCUT2D eigenvalue weighted by molar-refractivity contribution is 0.615. The number of allylic oxidation sites excluding steroid dienone is 4. The largest absolute Gasteiger partial charge is 0.261 e. The first kappa shape index (κ1) is 8.56. The number of rotatable bonds is 1. The fourth-order valence-corrected chi connectivity index (χ4v) is 1.60. The van der Waals surface area contributed by atoms with Gasteiger partial charge in [0, 0.05) is 10.7 Å². The quantitative estimate of drug-likeness (QED) is 0.593. The van der Waals surface area contributed by atoms with E-state index in [1.165, 1.54) is 6.08 Å². The molecule has 0 aromatic carbocycles. The summed E-state index contributed by atoms with van der Waals surface area (Å²) in [6, 6.07) is 0. The maximum absolute atomic E-state index is 10.7. The molecule has 1 aliphatic carbocycles. The van der Waals surface area contributed by atoms with E-state index in [4.69, 9.17) is 10.7 Å². The minimum absolute atomic E-state index is 0.159. The summed E-state index contributed by atoms with van der Waals surface area (Å²) in [4.78, 5) is 0.159. The van der Waals surface area contributed by atoms with Crippen LogP contribution in [0, 0.1) is 0 Å². The molecule has 0 fully saturated rings. The zero-order valence-electron chi connectivity index (χ0n) is 5.75. The van der Waals surface area contributed by atoms with Gasteiger partial charge in [0.05, 0.1) is 4.91 Å². The topological polar surface area (TPSA) is 34.1 Å². The molecule has 0 spiro atoms. The van der Waals surface area contributed by atoms with Crippen molar-refractivity contribution in [2.75, 3.05) is 0 Å². The molecule has 2 nitrogen and oxygen atoms in total. The molecule has 0 aromatic heterocycles. The molecule has 1 aliphatic rings. The Morgan fingerprint density at radius 1 is 1.45 bits per heavy atom. The van der Waals surface area contributed by atoms with Crippen molar-refractivity contribution in [3.63, 3.8) is 0 Å². The molecule has 0 saturated carbocycles. The smallest absolute Gasteiger partial charge is 0.207 e. The Balaban J connectivity index is 2.97. The molecule has 0 unspecified atom stereocenters. The van der Waals surface area contributed by atoms with E-state index >= 15 is 0 Å². The van der Waals surface area contributed by atoms with Crippen molar-refractivity contribution in [3.8, 4) is 0 Å². The highest BCUT2D eigenvalue weighted by molar-refractivity contribution is 8.17. The van der Waals surface area contributed by atoms with Gasteiger partial charge in [-0.15, -0.1) is 0 Å². The fraction of sp³-hybridized carbons (Fsp3) is 0.143. The van der Waals surface area contributed by atoms with Crippen molar-refractivity contribution < 1.29 is 8.42 Å². The second-order valence-electron chi connectivity index (χ2n) is 2.24. The van der Waals surface area contributed by atoms with E-state index in [1.54, 1.807) is 12.2 Å². The van der Waals surface area contributed by atoms with Gasteiger partial charge in [-0.25, -0.2) is 8.42 Å². The van der Waals surface area contributed by atoms with E-state index in [0.29, 0.717) is 6.42 Å². The Morgan fingerprint density at radius 2 is 2.09 bits per heavy atom. The summed E-state index contributed by atoms with van der Waals surface area (Å²) in [6.45, 7) is 3.66. The third-order valence-corrected chi connectivity index (χ3v) is 2.73. The van der Waals surface area contributed by atoms with Crippen LogP contribution in [0.25, 0.3) is 0 Å². The van der Waals surface area contributed by atoms with Gasteiger partial charge in [-0.1, -0.05) is 24.3 Å². The van der Waals surface area contributed by atoms with Gasteiger partial charge < -0.3 is 0 Å². The zero-order chi connectivity index (χ0) is 8.48. The molecule has 0 bridgehead atoms. The molecule has 0 atom stereocenters. The molecule has 0 aromatic rings. The molecule has 4 heteroatoms. The molecule has 0 N–H and O–H groups in total. The van der Waals surface area contributed by atoms with E-state index in [9.17, 15) is 8.42 Å². The standard InChI is InChI=1S/C7H7ClO2S/c1-6-2-4-7(5-3-6)11(8,9)10/h2,4-5H,1,3H2. The molecular formula is C7H7ClO2S. The first-order valence-electron chi connectivity index (χ1n) is 3.01. The van der Waals surface area contributed by atoms with Crippen LogP contribution in [-0.2, 0) is 9.05 Å². The van der Waals surface area contributed by atoms with Crippen LogP contribution in [0.2, 0.25) is 0 Å². The van der Waals surface area contributed by atoms with Crippen LogP contribution >= 0.6 is 10.7 Å². The van der Waals surface area contributed by atoms with Crippen LogP contribution < -0.4 is 0 Å². The van der Waals surface area contributed by atoms with Crippen LogP contribution in [0.5, 0.6) is 0 Å². The van der Waals surface area contributed by atoms with Crippen molar-refractivity contribution >= 4 is 19.7 Å². The molecule has 1 rings (SSSR count). The van der Waals surface area contributed by atoms with Crippen molar-refractivity contribution in [2.45, 2.75) is 6.42 Å². The summed E-state index contributed by atoms with van der Waals surface area (Å²) in [7, 11) is 1.54. The molecule has 0 saturated heterocycles. The average molecular weight is 191 g/mol. The van der Waals surface area contributed by atoms with Crippen LogP contribution in [0.4, 0.5) is 0 Å². The van der Waals surface area contributed by atoms with Gasteiger partial charge >= 0.3 is 0 Å². The first-order chi connectivity index (χ1) is 5.00. The fourth-order valence-electron chi connectivity index (χ4n) is 0.749. The Labute approximate surface area is 70.3 Å². The highest BCUT2D eigenvalue weighted by Crippen LogP contribution is 2.20. The summed E-state index contributed by atoms with van der Waals surface area (Å²) in [5, 5.41) is 0. The van der Waals surface area contributed by atoms with Crippen LogP contribution in [0.15, 0.2) is 35.3 Å². The van der Waals surface area contributed by atoms with Gasteiger partial charge in [-0.2, -0.15) is 0 Å². The molecule has 0 aliphatic heterocycles. The second-order valence-corrected chi connectivity index (χ2v) is 4.81. The highest BCUT2D eigenvalue weighted by atomic mass is 35.7. The van der Waals surface area contributed by atoms with Crippen molar-refractivity contribution in [2.24, 2.45) is 0 Å². The van der Waals surface area contributed by atoms with Gasteiger partial charge in [0.15, 0.2) is 0 Å². The summed E-state index contributed by atoms with van der Waals surface area (Å²) in [6.07, 6.45) is 5.20. The lowest BCUT2D eigenvalue weighted by Gasteiger charge is -2.03. The van der Waals surface area contributed by atoms with E-state index in [2.05, 4.69) is 6.58 Å². The summed E-state index contributed by atoms with van der Waals surface area (Å²) >= 11 is 0. The van der Waals surface area contributed by atoms with E-state index in [1.807, 2.05) is 0 Å². The van der Waals surface area contributed by atoms with Crippen molar-refractivity contribution in [1.82, 2.24) is 0 Å². The van der Waals surface area contributed by atoms with Crippen LogP contribution in [0.3, 0.4) is 0 Å². The monoisotopic (exact) mass is 190 g/mol. The molecule has 0 radical (unpaired) electrons. The van der Waals surface area contributed by atoms with Gasteiger partial charge in [0.25, 0.3) is 9.05 Å². The van der Waals surface area contributed by atoms with E-state index in [0.717, 1.165) is 5.57 Å². The van der Waals surface area contributed by atoms with Gasteiger partial charge in [-0.05, 0) is 12.5 Å². The lowest BCUT2D eigenvalue weighted by atomic mass is 10.1. The maximum atomic E-state index is 10.7. The van der Waals surface area contributed by atoms with Gasteiger partial charge in [0.1, 0.15) is 0 Å². The normalized spacial score (nSPS) is 18.3. The molecule has 0 amide bonds. The Hall–Kier alpha value is -0.540. The lowest BCUT2D eigenvalue weighted by Crippen LogP contribution is -1.95. The Bertz CT molecular complexity index is 335. The summed E-state index contributed by atoms with van der Waals surface area (Å²) in [5.74, 6) is 0. The molecule has 11 heavy (non-hydrogen) atoms. The second kappa shape index (κ2) is 2.83. The van der Waals surface area contributed by atoms with E-state index in [-0.39, 0.29) is 4.91 Å². The average Bonchev–Trinajstić information content (AvgIpc) is 1.86. The SMILES string of the molecule is C=C1C=CC(S(=O)(=O)Cl)=CC1. The van der Waals surface area contributed by atoms with Crippen molar-refractivity contribution in [1.29, 1.82) is 0 Å². The van der Waals surface area contributed by atoms with Gasteiger partial charge in [-0.3, -0.25) is 0 Å². The molecule has 60 valence electrons. The van der Waals surface area contributed by atoms with E-state index < -0.39 is 9.05 Å². The minimum atomic E-state index is -3.54. The number of halogens is 1. The van der Waals surface area contributed by atoms with Crippen molar-refractivity contribution in [3.05, 3.63) is 35.3 Å². The maximum Gasteiger partial charge on any atom is 0.261 e.